The van der Waals surface area contributed by atoms with Crippen LogP contribution in [0.3, 0.4) is 0 Å². The predicted molar refractivity (Wildman–Crippen MR) is 131 cm³/mol. The van der Waals surface area contributed by atoms with E-state index in [0.717, 1.165) is 49.3 Å². The Hall–Kier alpha value is -2.58. The maximum Gasteiger partial charge on any atom is 0.229 e. The number of nitrogens with one attached hydrogen (secondary N) is 1. The molecule has 1 N–H and O–H groups in total. The number of amides is 2. The summed E-state index contributed by atoms with van der Waals surface area (Å²) in [5.74, 6) is 0.989. The molecule has 0 radical (unpaired) electrons. The van der Waals surface area contributed by atoms with Crippen LogP contribution in [0.25, 0.3) is 0 Å². The number of nitrogens with zero attached hydrogens (tertiary/aromatic N) is 5. The summed E-state index contributed by atoms with van der Waals surface area (Å²) in [5, 5.41) is 8.22. The van der Waals surface area contributed by atoms with Crippen LogP contribution in [0.1, 0.15) is 30.5 Å². The zero-order valence-electron chi connectivity index (χ0n) is 19.5. The third-order valence-electron chi connectivity index (χ3n) is 6.42. The number of piperazine rings is 1. The molecular formula is C24H33ClN6O2. The highest BCUT2D eigenvalue weighted by Gasteiger charge is 2.25. The normalized spacial score (nSPS) is 16.8. The van der Waals surface area contributed by atoms with Gasteiger partial charge in [-0.1, -0.05) is 17.7 Å². The summed E-state index contributed by atoms with van der Waals surface area (Å²) in [6.45, 7) is 10.5. The fourth-order valence-corrected chi connectivity index (χ4v) is 4.76. The summed E-state index contributed by atoms with van der Waals surface area (Å²) in [4.78, 5) is 31.1. The summed E-state index contributed by atoms with van der Waals surface area (Å²) >= 11 is 6.17. The Kier molecular flexibility index (Phi) is 7.55. The van der Waals surface area contributed by atoms with Crippen LogP contribution < -0.4 is 15.1 Å². The lowest BCUT2D eigenvalue weighted by atomic mass is 10.1. The molecule has 2 aliphatic heterocycles. The van der Waals surface area contributed by atoms with Crippen LogP contribution in [-0.4, -0.2) is 72.3 Å². The van der Waals surface area contributed by atoms with Crippen molar-refractivity contribution in [1.82, 2.24) is 20.0 Å². The number of hydrogen-bond acceptors (Lipinski definition) is 5. The van der Waals surface area contributed by atoms with Crippen LogP contribution in [0.2, 0.25) is 5.02 Å². The van der Waals surface area contributed by atoms with Gasteiger partial charge in [0.25, 0.3) is 0 Å². The number of anilines is 2. The number of hydrogen-bond donors (Lipinski definition) is 1. The Bertz CT molecular complexity index is 999. The first-order valence-corrected chi connectivity index (χ1v) is 12.1. The van der Waals surface area contributed by atoms with Crippen molar-refractivity contribution in [3.63, 3.8) is 0 Å². The van der Waals surface area contributed by atoms with Gasteiger partial charge in [-0.05, 0) is 38.0 Å². The third-order valence-corrected chi connectivity index (χ3v) is 6.65. The minimum atomic E-state index is 0.0392. The molecule has 0 unspecified atom stereocenters. The van der Waals surface area contributed by atoms with Gasteiger partial charge in [0.2, 0.25) is 11.8 Å². The molecule has 1 aromatic carbocycles. The Balaban J connectivity index is 1.14. The fraction of sp³-hybridized carbons (Fsp3) is 0.542. The lowest BCUT2D eigenvalue weighted by Gasteiger charge is -2.36. The Morgan fingerprint density at radius 2 is 1.88 bits per heavy atom. The van der Waals surface area contributed by atoms with Gasteiger partial charge >= 0.3 is 0 Å². The van der Waals surface area contributed by atoms with Crippen molar-refractivity contribution in [2.75, 3.05) is 55.6 Å². The molecule has 0 aliphatic carbocycles. The van der Waals surface area contributed by atoms with Gasteiger partial charge in [-0.3, -0.25) is 19.4 Å². The molecule has 9 heteroatoms. The van der Waals surface area contributed by atoms with Crippen molar-refractivity contribution < 1.29 is 9.59 Å². The Morgan fingerprint density at radius 1 is 1.09 bits per heavy atom. The van der Waals surface area contributed by atoms with E-state index in [1.807, 2.05) is 29.8 Å². The van der Waals surface area contributed by atoms with Crippen molar-refractivity contribution in [2.24, 2.45) is 0 Å². The molecule has 3 heterocycles. The first-order valence-electron chi connectivity index (χ1n) is 11.8. The van der Waals surface area contributed by atoms with Crippen molar-refractivity contribution in [3.05, 3.63) is 40.5 Å². The van der Waals surface area contributed by atoms with E-state index in [4.69, 9.17) is 11.6 Å². The zero-order valence-corrected chi connectivity index (χ0v) is 20.3. The van der Waals surface area contributed by atoms with E-state index in [9.17, 15) is 9.59 Å². The van der Waals surface area contributed by atoms with Gasteiger partial charge in [-0.15, -0.1) is 0 Å². The minimum absolute atomic E-state index is 0.0392. The summed E-state index contributed by atoms with van der Waals surface area (Å²) in [7, 11) is 0. The number of halogens is 1. The average molecular weight is 473 g/mol. The quantitative estimate of drug-likeness (QED) is 0.639. The lowest BCUT2D eigenvalue weighted by Crippen LogP contribution is -2.48. The molecule has 8 nitrogen and oxygen atoms in total. The third kappa shape index (κ3) is 5.86. The Morgan fingerprint density at radius 3 is 2.67 bits per heavy atom. The van der Waals surface area contributed by atoms with E-state index < -0.39 is 0 Å². The van der Waals surface area contributed by atoms with Crippen molar-refractivity contribution in [1.29, 1.82) is 0 Å². The van der Waals surface area contributed by atoms with Crippen LogP contribution in [0.5, 0.6) is 0 Å². The van der Waals surface area contributed by atoms with E-state index >= 15 is 0 Å². The molecule has 0 bridgehead atoms. The first kappa shape index (κ1) is 23.6. The van der Waals surface area contributed by atoms with E-state index in [1.54, 1.807) is 4.90 Å². The monoisotopic (exact) mass is 472 g/mol. The number of aromatic nitrogens is 2. The van der Waals surface area contributed by atoms with E-state index in [2.05, 4.69) is 33.2 Å². The smallest absolute Gasteiger partial charge is 0.229 e. The molecule has 2 aromatic rings. The number of carbonyl (C=O) groups excluding carboxylic acids is 2. The molecule has 2 aliphatic rings. The molecule has 1 aromatic heterocycles. The number of aryl methyl sites for hydroxylation is 3. The predicted octanol–water partition coefficient (Wildman–Crippen LogP) is 2.61. The second-order valence-electron chi connectivity index (χ2n) is 8.88. The largest absolute Gasteiger partial charge is 0.369 e. The van der Waals surface area contributed by atoms with Crippen LogP contribution in [0, 0.1) is 13.8 Å². The van der Waals surface area contributed by atoms with Gasteiger partial charge in [0.15, 0.2) is 0 Å². The highest BCUT2D eigenvalue weighted by Crippen LogP contribution is 2.25. The molecule has 0 spiro atoms. The van der Waals surface area contributed by atoms with Gasteiger partial charge in [0.05, 0.1) is 12.2 Å². The highest BCUT2D eigenvalue weighted by atomic mass is 35.5. The summed E-state index contributed by atoms with van der Waals surface area (Å²) in [5.41, 5.74) is 3.36. The molecule has 1 saturated heterocycles. The van der Waals surface area contributed by atoms with Gasteiger partial charge in [-0.2, -0.15) is 5.10 Å². The van der Waals surface area contributed by atoms with E-state index in [1.165, 1.54) is 11.3 Å². The van der Waals surface area contributed by atoms with Crippen LogP contribution in [-0.2, 0) is 16.1 Å². The maximum absolute atomic E-state index is 12.3. The van der Waals surface area contributed by atoms with Crippen LogP contribution in [0.4, 0.5) is 11.5 Å². The van der Waals surface area contributed by atoms with E-state index in [-0.39, 0.29) is 11.8 Å². The van der Waals surface area contributed by atoms with Gasteiger partial charge in [0, 0.05) is 75.4 Å². The summed E-state index contributed by atoms with van der Waals surface area (Å²) in [6, 6.07) is 7.97. The second kappa shape index (κ2) is 10.6. The minimum Gasteiger partial charge on any atom is -0.369 e. The first-order chi connectivity index (χ1) is 15.9. The van der Waals surface area contributed by atoms with Gasteiger partial charge in [-0.25, -0.2) is 4.68 Å². The fourth-order valence-electron chi connectivity index (χ4n) is 4.59. The SMILES string of the molecule is Cc1cc2n(n1)CCC(=O)N2CCCC(=O)NCCN1CCN(c2cc(Cl)ccc2C)CC1. The lowest BCUT2D eigenvalue weighted by molar-refractivity contribution is -0.122. The number of benzene rings is 1. The summed E-state index contributed by atoms with van der Waals surface area (Å²) in [6.07, 6.45) is 1.52. The molecule has 2 amide bonds. The maximum atomic E-state index is 12.3. The average Bonchev–Trinajstić information content (AvgIpc) is 3.18. The van der Waals surface area contributed by atoms with Gasteiger partial charge in [0.1, 0.15) is 5.82 Å². The van der Waals surface area contributed by atoms with E-state index in [0.29, 0.717) is 38.9 Å². The molecule has 1 fully saturated rings. The van der Waals surface area contributed by atoms with Crippen molar-refractivity contribution >= 4 is 34.9 Å². The number of carbonyl (C=O) groups is 2. The van der Waals surface area contributed by atoms with Crippen LogP contribution >= 0.6 is 11.6 Å². The summed E-state index contributed by atoms with van der Waals surface area (Å²) < 4.78 is 1.88. The van der Waals surface area contributed by atoms with Gasteiger partial charge < -0.3 is 10.2 Å². The molecule has 0 saturated carbocycles. The highest BCUT2D eigenvalue weighted by molar-refractivity contribution is 6.30. The molecule has 0 atom stereocenters. The standard InChI is InChI=1S/C24H33ClN6O2/c1-18-5-6-20(25)17-21(18)29-14-12-28(13-15-29)11-8-26-22(32)4-3-9-30-23-16-19(2)27-31(23)10-7-24(30)33/h5-6,16-17H,3-4,7-15H2,1-2H3,(H,26,32). The Labute approximate surface area is 200 Å². The van der Waals surface area contributed by atoms with Crippen molar-refractivity contribution in [3.8, 4) is 0 Å². The molecular weight excluding hydrogens is 440 g/mol. The second-order valence-corrected chi connectivity index (χ2v) is 9.31. The topological polar surface area (TPSA) is 73.7 Å². The van der Waals surface area contributed by atoms with Crippen LogP contribution in [0.15, 0.2) is 24.3 Å². The number of fused-ring (bicyclic) bond motifs is 1. The molecule has 4 rings (SSSR count). The number of rotatable bonds is 8. The van der Waals surface area contributed by atoms with Crippen molar-refractivity contribution in [2.45, 2.75) is 39.7 Å². The molecule has 178 valence electrons. The zero-order chi connectivity index (χ0) is 23.4. The molecule has 33 heavy (non-hydrogen) atoms.